The van der Waals surface area contributed by atoms with E-state index in [-0.39, 0.29) is 16.6 Å². The van der Waals surface area contributed by atoms with Gasteiger partial charge >= 0.3 is 0 Å². The molecule has 0 aliphatic rings. The predicted octanol–water partition coefficient (Wildman–Crippen LogP) is 4.65. The molecule has 140 valence electrons. The molecule has 0 aliphatic carbocycles. The summed E-state index contributed by atoms with van der Waals surface area (Å²) in [6.45, 7) is 2.53. The average Bonchev–Trinajstić information content (AvgIpc) is 3.11. The zero-order chi connectivity index (χ0) is 19.4. The van der Waals surface area contributed by atoms with Gasteiger partial charge in [0.05, 0.1) is 10.6 Å². The van der Waals surface area contributed by atoms with Crippen LogP contribution in [-0.4, -0.2) is 27.6 Å². The topological polar surface area (TPSA) is 79.0 Å². The van der Waals surface area contributed by atoms with E-state index in [9.17, 15) is 9.59 Å². The molecule has 0 saturated heterocycles. The number of hydrogen-bond acceptors (Lipinski definition) is 5. The first kappa shape index (κ1) is 19.5. The smallest absolute Gasteiger partial charge is 0.261 e. The van der Waals surface area contributed by atoms with Crippen molar-refractivity contribution < 1.29 is 4.79 Å². The molecule has 0 spiro atoms. The Kier molecular flexibility index (Phi) is 6.26. The molecule has 9 heteroatoms. The van der Waals surface area contributed by atoms with Crippen LogP contribution in [0.4, 0.5) is 5.13 Å². The molecule has 2 aromatic heterocycles. The Labute approximate surface area is 169 Å². The van der Waals surface area contributed by atoms with Gasteiger partial charge in [-0.05, 0) is 24.6 Å². The highest BCUT2D eigenvalue weighted by molar-refractivity contribution is 7.18. The zero-order valence-electron chi connectivity index (χ0n) is 14.4. The van der Waals surface area contributed by atoms with E-state index in [4.69, 9.17) is 23.2 Å². The Morgan fingerprint density at radius 3 is 2.70 bits per heavy atom. The normalized spacial score (nSPS) is 10.8. The van der Waals surface area contributed by atoms with Gasteiger partial charge in [0.15, 0.2) is 0 Å². The van der Waals surface area contributed by atoms with Gasteiger partial charge in [-0.15, -0.1) is 10.2 Å². The lowest BCUT2D eigenvalue weighted by Gasteiger charge is -2.19. The summed E-state index contributed by atoms with van der Waals surface area (Å²) >= 11 is 13.3. The number of amides is 1. The van der Waals surface area contributed by atoms with Crippen LogP contribution >= 0.6 is 34.5 Å². The van der Waals surface area contributed by atoms with Gasteiger partial charge in [-0.25, -0.2) is 0 Å². The number of carbonyl (C=O) groups excluding carboxylic acids is 1. The number of nitrogens with one attached hydrogen (secondary N) is 1. The molecule has 2 heterocycles. The first-order valence-electron chi connectivity index (χ1n) is 8.29. The number of carbonyl (C=O) groups is 1. The van der Waals surface area contributed by atoms with Crippen molar-refractivity contribution in [3.63, 3.8) is 0 Å². The maximum absolute atomic E-state index is 13.0. The van der Waals surface area contributed by atoms with Crippen LogP contribution in [-0.2, 0) is 0 Å². The summed E-state index contributed by atoms with van der Waals surface area (Å²) in [6, 6.07) is 9.89. The number of unbranched alkanes of at least 4 members (excludes halogenated alkanes) is 1. The Morgan fingerprint density at radius 1 is 1.22 bits per heavy atom. The molecule has 0 atom stereocenters. The van der Waals surface area contributed by atoms with E-state index in [2.05, 4.69) is 15.2 Å². The summed E-state index contributed by atoms with van der Waals surface area (Å²) in [7, 11) is 0. The van der Waals surface area contributed by atoms with Crippen LogP contribution in [0.25, 0.3) is 10.6 Å². The first-order valence-corrected chi connectivity index (χ1v) is 9.87. The van der Waals surface area contributed by atoms with Crippen LogP contribution < -0.4 is 10.5 Å². The van der Waals surface area contributed by atoms with Gasteiger partial charge in [-0.3, -0.25) is 14.5 Å². The number of aromatic nitrogens is 3. The fourth-order valence-corrected chi connectivity index (χ4v) is 3.74. The van der Waals surface area contributed by atoms with E-state index in [0.717, 1.165) is 12.8 Å². The molecular weight excluding hydrogens is 407 g/mol. The molecule has 1 N–H and O–H groups in total. The number of pyridine rings is 1. The van der Waals surface area contributed by atoms with Crippen molar-refractivity contribution in [3.8, 4) is 10.6 Å². The van der Waals surface area contributed by atoms with Crippen molar-refractivity contribution in [1.82, 2.24) is 15.2 Å². The van der Waals surface area contributed by atoms with Crippen LogP contribution in [0.2, 0.25) is 10.2 Å². The van der Waals surface area contributed by atoms with E-state index >= 15 is 0 Å². The molecule has 0 fully saturated rings. The number of nitrogens with zero attached hydrogens (tertiary/aromatic N) is 3. The third kappa shape index (κ3) is 4.55. The fourth-order valence-electron chi connectivity index (χ4n) is 2.45. The van der Waals surface area contributed by atoms with Gasteiger partial charge < -0.3 is 4.98 Å². The quantitative estimate of drug-likeness (QED) is 0.586. The monoisotopic (exact) mass is 422 g/mol. The van der Waals surface area contributed by atoms with E-state index < -0.39 is 0 Å². The maximum Gasteiger partial charge on any atom is 0.261 e. The number of hydrogen-bond donors (Lipinski definition) is 1. The van der Waals surface area contributed by atoms with Crippen molar-refractivity contribution in [1.29, 1.82) is 0 Å². The highest BCUT2D eigenvalue weighted by Gasteiger charge is 2.23. The first-order chi connectivity index (χ1) is 13.0. The number of benzene rings is 1. The van der Waals surface area contributed by atoms with Crippen LogP contribution in [0.15, 0.2) is 41.2 Å². The SMILES string of the molecule is CCCCN(C(=O)c1ccccc1Cl)c1nnc(-c2cc(Cl)[nH]c(=O)c2)s1. The Morgan fingerprint density at radius 2 is 2.00 bits per heavy atom. The van der Waals surface area contributed by atoms with Gasteiger partial charge in [0.1, 0.15) is 10.2 Å². The number of rotatable bonds is 6. The van der Waals surface area contributed by atoms with Crippen LogP contribution in [0, 0.1) is 0 Å². The van der Waals surface area contributed by atoms with Crippen LogP contribution in [0.3, 0.4) is 0 Å². The molecule has 0 bridgehead atoms. The Hall–Kier alpha value is -2.22. The second kappa shape index (κ2) is 8.65. The lowest BCUT2D eigenvalue weighted by molar-refractivity contribution is 0.0986. The molecule has 27 heavy (non-hydrogen) atoms. The van der Waals surface area contributed by atoms with Gasteiger partial charge in [0.2, 0.25) is 10.7 Å². The number of anilines is 1. The summed E-state index contributed by atoms with van der Waals surface area (Å²) in [5, 5.41) is 9.83. The Balaban J connectivity index is 1.96. The van der Waals surface area contributed by atoms with Crippen LogP contribution in [0.5, 0.6) is 0 Å². The lowest BCUT2D eigenvalue weighted by atomic mass is 10.2. The summed E-state index contributed by atoms with van der Waals surface area (Å²) in [4.78, 5) is 28.7. The molecular formula is C18H16Cl2N4O2S. The van der Waals surface area contributed by atoms with Crippen molar-refractivity contribution in [2.24, 2.45) is 0 Å². The summed E-state index contributed by atoms with van der Waals surface area (Å²) in [5.41, 5.74) is 0.628. The van der Waals surface area contributed by atoms with E-state index in [1.54, 1.807) is 35.2 Å². The maximum atomic E-state index is 13.0. The van der Waals surface area contributed by atoms with E-state index in [1.165, 1.54) is 17.4 Å². The molecule has 0 unspecified atom stereocenters. The highest BCUT2D eigenvalue weighted by atomic mass is 35.5. The molecule has 1 aromatic carbocycles. The zero-order valence-corrected chi connectivity index (χ0v) is 16.7. The molecule has 0 aliphatic heterocycles. The standard InChI is InChI=1S/C18H16Cl2N4O2S/c1-2-3-8-24(17(26)12-6-4-5-7-13(12)19)18-23-22-16(27-18)11-9-14(20)21-15(25)10-11/h4-7,9-10H,2-3,8H2,1H3,(H,21,25). The summed E-state index contributed by atoms with van der Waals surface area (Å²) < 4.78 is 0. The second-order valence-corrected chi connectivity index (χ2v) is 7.53. The van der Waals surface area contributed by atoms with Gasteiger partial charge in [-0.1, -0.05) is 60.0 Å². The van der Waals surface area contributed by atoms with Gasteiger partial charge in [-0.2, -0.15) is 0 Å². The number of halogens is 2. The lowest BCUT2D eigenvalue weighted by Crippen LogP contribution is -2.32. The van der Waals surface area contributed by atoms with Crippen molar-refractivity contribution in [2.75, 3.05) is 11.4 Å². The molecule has 0 saturated carbocycles. The largest absolute Gasteiger partial charge is 0.313 e. The van der Waals surface area contributed by atoms with E-state index in [0.29, 0.717) is 32.8 Å². The molecule has 3 rings (SSSR count). The predicted molar refractivity (Wildman–Crippen MR) is 109 cm³/mol. The minimum atomic E-state index is -0.329. The average molecular weight is 423 g/mol. The summed E-state index contributed by atoms with van der Waals surface area (Å²) in [5.74, 6) is -0.235. The fraction of sp³-hybridized carbons (Fsp3) is 0.222. The third-order valence-corrected chi connectivity index (χ3v) is 5.32. The van der Waals surface area contributed by atoms with Gasteiger partial charge in [0, 0.05) is 18.2 Å². The van der Waals surface area contributed by atoms with Crippen molar-refractivity contribution >= 4 is 45.6 Å². The van der Waals surface area contributed by atoms with Crippen LogP contribution in [0.1, 0.15) is 30.1 Å². The van der Waals surface area contributed by atoms with E-state index in [1.807, 2.05) is 6.92 Å². The minimum Gasteiger partial charge on any atom is -0.313 e. The number of aromatic amines is 1. The minimum absolute atomic E-state index is 0.212. The highest BCUT2D eigenvalue weighted by Crippen LogP contribution is 2.30. The van der Waals surface area contributed by atoms with Gasteiger partial charge in [0.25, 0.3) is 5.91 Å². The molecule has 6 nitrogen and oxygen atoms in total. The van der Waals surface area contributed by atoms with Crippen molar-refractivity contribution in [2.45, 2.75) is 19.8 Å². The number of H-pyrrole nitrogens is 1. The van der Waals surface area contributed by atoms with Crippen molar-refractivity contribution in [3.05, 3.63) is 62.5 Å². The second-order valence-electron chi connectivity index (χ2n) is 5.76. The summed E-state index contributed by atoms with van der Waals surface area (Å²) in [6.07, 6.45) is 1.73. The molecule has 1 amide bonds. The molecule has 0 radical (unpaired) electrons. The molecule has 3 aromatic rings. The Bertz CT molecular complexity index is 1020. The third-order valence-electron chi connectivity index (χ3n) is 3.79.